The summed E-state index contributed by atoms with van der Waals surface area (Å²) >= 11 is 14.9. The van der Waals surface area contributed by atoms with E-state index in [1.807, 2.05) is 47.8 Å². The van der Waals surface area contributed by atoms with Gasteiger partial charge >= 0.3 is 0 Å². The Morgan fingerprint density at radius 2 is 1.83 bits per heavy atom. The van der Waals surface area contributed by atoms with Crippen LogP contribution in [0.3, 0.4) is 0 Å². The fourth-order valence-corrected chi connectivity index (χ4v) is 4.76. The second-order valence-electron chi connectivity index (χ2n) is 6.00. The van der Waals surface area contributed by atoms with Crippen molar-refractivity contribution < 1.29 is 4.79 Å². The molecule has 0 bridgehead atoms. The fraction of sp³-hybridized carbons (Fsp3) is 0.0500. The molecule has 146 valence electrons. The van der Waals surface area contributed by atoms with Crippen LogP contribution in [0.5, 0.6) is 0 Å². The zero-order chi connectivity index (χ0) is 20.2. The van der Waals surface area contributed by atoms with Crippen LogP contribution < -0.4 is 5.32 Å². The van der Waals surface area contributed by atoms with Crippen molar-refractivity contribution in [3.63, 3.8) is 0 Å². The summed E-state index contributed by atoms with van der Waals surface area (Å²) < 4.78 is 0. The average molecular weight is 461 g/mol. The SMILES string of the molecule is O=C(Nc1cc(Cl)cc(Cl)c1)C(Sc1n[nH]c(-c2cccs2)n1)c1ccccc1. The fourth-order valence-electron chi connectivity index (χ4n) is 2.66. The summed E-state index contributed by atoms with van der Waals surface area (Å²) in [5.41, 5.74) is 1.37. The number of carbonyl (C=O) groups excluding carboxylic acids is 1. The molecule has 1 unspecified atom stereocenters. The number of thiophene rings is 1. The maximum Gasteiger partial charge on any atom is 0.242 e. The van der Waals surface area contributed by atoms with Crippen LogP contribution in [0.1, 0.15) is 10.8 Å². The molecular weight excluding hydrogens is 447 g/mol. The van der Waals surface area contributed by atoms with Crippen molar-refractivity contribution in [2.75, 3.05) is 5.32 Å². The molecule has 4 rings (SSSR count). The average Bonchev–Trinajstić information content (AvgIpc) is 3.37. The summed E-state index contributed by atoms with van der Waals surface area (Å²) in [6.07, 6.45) is 0. The predicted molar refractivity (Wildman–Crippen MR) is 120 cm³/mol. The minimum absolute atomic E-state index is 0.220. The van der Waals surface area contributed by atoms with Gasteiger partial charge in [0.05, 0.1) is 4.88 Å². The van der Waals surface area contributed by atoms with Crippen LogP contribution in [-0.2, 0) is 4.79 Å². The molecule has 0 saturated carbocycles. The number of nitrogens with zero attached hydrogens (tertiary/aromatic N) is 2. The molecule has 1 amide bonds. The number of aromatic amines is 1. The van der Waals surface area contributed by atoms with Crippen molar-refractivity contribution >= 4 is 57.9 Å². The van der Waals surface area contributed by atoms with E-state index >= 15 is 0 Å². The third-order valence-corrected chi connectivity index (χ3v) is 6.34. The number of hydrogen-bond acceptors (Lipinski definition) is 5. The number of H-pyrrole nitrogens is 1. The van der Waals surface area contributed by atoms with Crippen molar-refractivity contribution in [3.8, 4) is 10.7 Å². The lowest BCUT2D eigenvalue weighted by atomic mass is 10.1. The van der Waals surface area contributed by atoms with Crippen LogP contribution in [0.25, 0.3) is 10.7 Å². The van der Waals surface area contributed by atoms with Gasteiger partial charge in [0.2, 0.25) is 11.1 Å². The Morgan fingerprint density at radius 1 is 1.07 bits per heavy atom. The molecule has 5 nitrogen and oxygen atoms in total. The van der Waals surface area contributed by atoms with Gasteiger partial charge in [0.25, 0.3) is 0 Å². The number of anilines is 1. The van der Waals surface area contributed by atoms with Gasteiger partial charge in [0.15, 0.2) is 5.82 Å². The minimum Gasteiger partial charge on any atom is -0.325 e. The van der Waals surface area contributed by atoms with Crippen molar-refractivity contribution in [1.29, 1.82) is 0 Å². The van der Waals surface area contributed by atoms with Gasteiger partial charge in [-0.05, 0) is 35.2 Å². The second kappa shape index (κ2) is 9.00. The van der Waals surface area contributed by atoms with E-state index in [4.69, 9.17) is 23.2 Å². The van der Waals surface area contributed by atoms with Crippen LogP contribution in [0.2, 0.25) is 10.0 Å². The maximum absolute atomic E-state index is 13.1. The number of nitrogens with one attached hydrogen (secondary N) is 2. The van der Waals surface area contributed by atoms with E-state index in [-0.39, 0.29) is 5.91 Å². The van der Waals surface area contributed by atoms with Gasteiger partial charge in [-0.2, -0.15) is 0 Å². The molecule has 0 aliphatic carbocycles. The number of carbonyl (C=O) groups is 1. The molecule has 2 aromatic heterocycles. The zero-order valence-corrected chi connectivity index (χ0v) is 17.9. The number of aromatic nitrogens is 3. The Kier molecular flexibility index (Phi) is 6.20. The molecule has 2 N–H and O–H groups in total. The first-order valence-corrected chi connectivity index (χ1v) is 11.0. The Labute approximate surface area is 185 Å². The highest BCUT2D eigenvalue weighted by Crippen LogP contribution is 2.36. The number of thioether (sulfide) groups is 1. The first-order chi connectivity index (χ1) is 14.1. The third kappa shape index (κ3) is 5.00. The second-order valence-corrected chi connectivity index (χ2v) is 8.89. The Morgan fingerprint density at radius 3 is 2.52 bits per heavy atom. The smallest absolute Gasteiger partial charge is 0.242 e. The van der Waals surface area contributed by atoms with Crippen molar-refractivity contribution in [1.82, 2.24) is 15.2 Å². The topological polar surface area (TPSA) is 70.7 Å². The molecule has 0 spiro atoms. The zero-order valence-electron chi connectivity index (χ0n) is 14.8. The summed E-state index contributed by atoms with van der Waals surface area (Å²) in [4.78, 5) is 18.6. The van der Waals surface area contributed by atoms with Gasteiger partial charge in [0.1, 0.15) is 5.25 Å². The molecule has 2 heterocycles. The third-order valence-electron chi connectivity index (χ3n) is 3.91. The van der Waals surface area contributed by atoms with Crippen LogP contribution in [-0.4, -0.2) is 21.1 Å². The summed E-state index contributed by atoms with van der Waals surface area (Å²) in [5.74, 6) is 0.457. The number of benzene rings is 2. The molecule has 9 heteroatoms. The van der Waals surface area contributed by atoms with Crippen LogP contribution in [0.15, 0.2) is 71.2 Å². The summed E-state index contributed by atoms with van der Waals surface area (Å²) in [7, 11) is 0. The quantitative estimate of drug-likeness (QED) is 0.330. The lowest BCUT2D eigenvalue weighted by Crippen LogP contribution is -2.19. The Balaban J connectivity index is 1.59. The summed E-state index contributed by atoms with van der Waals surface area (Å²) in [6.45, 7) is 0. The summed E-state index contributed by atoms with van der Waals surface area (Å²) in [6, 6.07) is 18.3. The van der Waals surface area contributed by atoms with Crippen LogP contribution in [0.4, 0.5) is 5.69 Å². The molecule has 2 aromatic carbocycles. The number of hydrogen-bond donors (Lipinski definition) is 2. The highest BCUT2D eigenvalue weighted by atomic mass is 35.5. The van der Waals surface area contributed by atoms with Crippen molar-refractivity contribution in [3.05, 3.63) is 81.7 Å². The largest absolute Gasteiger partial charge is 0.325 e. The van der Waals surface area contributed by atoms with Gasteiger partial charge in [-0.15, -0.1) is 16.4 Å². The molecule has 0 aliphatic rings. The summed E-state index contributed by atoms with van der Waals surface area (Å²) in [5, 5.41) is 12.9. The highest BCUT2D eigenvalue weighted by molar-refractivity contribution is 8.00. The number of halogens is 2. The Hall–Kier alpha value is -2.32. The number of rotatable bonds is 6. The molecular formula is C20H14Cl2N4OS2. The molecule has 1 atom stereocenters. The van der Waals surface area contributed by atoms with Crippen molar-refractivity contribution in [2.24, 2.45) is 0 Å². The van der Waals surface area contributed by atoms with E-state index in [0.717, 1.165) is 10.4 Å². The molecule has 0 radical (unpaired) electrons. The van der Waals surface area contributed by atoms with E-state index in [0.29, 0.717) is 26.7 Å². The first-order valence-electron chi connectivity index (χ1n) is 8.53. The standard InChI is InChI=1S/C20H14Cl2N4OS2/c21-13-9-14(22)11-15(10-13)23-19(27)17(12-5-2-1-3-6-12)29-20-24-18(25-26-20)16-7-4-8-28-16/h1-11,17H,(H,23,27)(H,24,25,26). The monoisotopic (exact) mass is 460 g/mol. The molecule has 0 aliphatic heterocycles. The van der Waals surface area contributed by atoms with Crippen LogP contribution >= 0.6 is 46.3 Å². The lowest BCUT2D eigenvalue weighted by molar-refractivity contribution is -0.115. The molecule has 0 fully saturated rings. The van der Waals surface area contributed by atoms with E-state index in [9.17, 15) is 4.79 Å². The van der Waals surface area contributed by atoms with Gasteiger partial charge in [0, 0.05) is 15.7 Å². The van der Waals surface area contributed by atoms with E-state index in [1.54, 1.807) is 29.5 Å². The number of amides is 1. The Bertz CT molecular complexity index is 1100. The molecule has 0 saturated heterocycles. The molecule has 29 heavy (non-hydrogen) atoms. The highest BCUT2D eigenvalue weighted by Gasteiger charge is 2.24. The van der Waals surface area contributed by atoms with Gasteiger partial charge in [-0.3, -0.25) is 9.89 Å². The molecule has 4 aromatic rings. The van der Waals surface area contributed by atoms with E-state index in [1.165, 1.54) is 11.8 Å². The van der Waals surface area contributed by atoms with Gasteiger partial charge < -0.3 is 5.32 Å². The van der Waals surface area contributed by atoms with Crippen molar-refractivity contribution in [2.45, 2.75) is 10.4 Å². The normalized spacial score (nSPS) is 11.9. The van der Waals surface area contributed by atoms with E-state index in [2.05, 4.69) is 20.5 Å². The van der Waals surface area contributed by atoms with E-state index < -0.39 is 5.25 Å². The lowest BCUT2D eigenvalue weighted by Gasteiger charge is -2.15. The first kappa shape index (κ1) is 20.0. The minimum atomic E-state index is -0.555. The van der Waals surface area contributed by atoms with Gasteiger partial charge in [-0.25, -0.2) is 4.98 Å². The predicted octanol–water partition coefficient (Wildman–Crippen LogP) is 6.31. The maximum atomic E-state index is 13.1. The van der Waals surface area contributed by atoms with Crippen LogP contribution in [0, 0.1) is 0 Å². The van der Waals surface area contributed by atoms with Gasteiger partial charge in [-0.1, -0.05) is 71.4 Å².